The molecule has 4 nitrogen and oxygen atoms in total. The van der Waals surface area contributed by atoms with Gasteiger partial charge in [-0.15, -0.1) is 6.58 Å². The average Bonchev–Trinajstić information content (AvgIpc) is 3.00. The highest BCUT2D eigenvalue weighted by atomic mass is 32.2. The molecule has 0 bridgehead atoms. The minimum absolute atomic E-state index is 0.348. The molecule has 1 aliphatic rings. The summed E-state index contributed by atoms with van der Waals surface area (Å²) in [7, 11) is -3.35. The van der Waals surface area contributed by atoms with Gasteiger partial charge in [-0.3, -0.25) is 5.01 Å². The molecule has 0 fully saturated rings. The zero-order valence-electron chi connectivity index (χ0n) is 13.6. The van der Waals surface area contributed by atoms with Crippen LogP contribution in [0.15, 0.2) is 77.2 Å². The second kappa shape index (κ2) is 6.24. The summed E-state index contributed by atoms with van der Waals surface area (Å²) in [6.07, 6.45) is 4.90. The van der Waals surface area contributed by atoms with Crippen molar-refractivity contribution in [2.75, 3.05) is 19.3 Å². The molecular weight excluding hydrogens is 320 g/mol. The predicted octanol–water partition coefficient (Wildman–Crippen LogP) is 2.86. The summed E-state index contributed by atoms with van der Waals surface area (Å²) in [5, 5.41) is 6.40. The van der Waals surface area contributed by atoms with Gasteiger partial charge in [-0.05, 0) is 17.2 Å². The molecule has 1 unspecified atom stereocenters. The van der Waals surface area contributed by atoms with Gasteiger partial charge in [0, 0.05) is 12.5 Å². The Balaban J connectivity index is 2.23. The zero-order valence-corrected chi connectivity index (χ0v) is 14.4. The Labute approximate surface area is 143 Å². The molecule has 0 aliphatic carbocycles. The van der Waals surface area contributed by atoms with Gasteiger partial charge in [0.1, 0.15) is 0 Å². The third-order valence-electron chi connectivity index (χ3n) is 4.27. The van der Waals surface area contributed by atoms with Crippen LogP contribution in [-0.4, -0.2) is 39.0 Å². The Kier molecular flexibility index (Phi) is 4.28. The van der Waals surface area contributed by atoms with Gasteiger partial charge < -0.3 is 0 Å². The Hall–Kier alpha value is -2.40. The Morgan fingerprint density at radius 1 is 1.17 bits per heavy atom. The van der Waals surface area contributed by atoms with Crippen molar-refractivity contribution >= 4 is 16.1 Å². The molecule has 0 radical (unpaired) electrons. The van der Waals surface area contributed by atoms with Crippen molar-refractivity contribution in [3.05, 3.63) is 78.4 Å². The molecule has 0 saturated carbocycles. The number of benzene rings is 2. The molecule has 1 aliphatic heterocycles. The first-order valence-electron chi connectivity index (χ1n) is 7.73. The quantitative estimate of drug-likeness (QED) is 0.787. The lowest BCUT2D eigenvalue weighted by Gasteiger charge is -2.30. The van der Waals surface area contributed by atoms with E-state index in [1.165, 1.54) is 6.26 Å². The van der Waals surface area contributed by atoms with Crippen LogP contribution in [0, 0.1) is 0 Å². The monoisotopic (exact) mass is 340 g/mol. The fourth-order valence-corrected chi connectivity index (χ4v) is 4.16. The van der Waals surface area contributed by atoms with Crippen molar-refractivity contribution in [3.63, 3.8) is 0 Å². The first-order chi connectivity index (χ1) is 11.5. The van der Waals surface area contributed by atoms with Crippen LogP contribution in [0.5, 0.6) is 0 Å². The number of hydrogen-bond acceptors (Lipinski definition) is 4. The molecule has 0 aromatic heterocycles. The van der Waals surface area contributed by atoms with E-state index in [0.29, 0.717) is 18.0 Å². The van der Waals surface area contributed by atoms with Crippen molar-refractivity contribution in [1.82, 2.24) is 5.01 Å². The van der Waals surface area contributed by atoms with E-state index in [9.17, 15) is 8.42 Å². The zero-order chi connectivity index (χ0) is 17.2. The predicted molar refractivity (Wildman–Crippen MR) is 97.0 cm³/mol. The lowest BCUT2D eigenvalue weighted by molar-refractivity contribution is 0.322. The number of nitrogens with zero attached hydrogens (tertiary/aromatic N) is 2. The van der Waals surface area contributed by atoms with Crippen LogP contribution in [0.25, 0.3) is 0 Å². The van der Waals surface area contributed by atoms with Gasteiger partial charge in [-0.25, -0.2) is 8.42 Å². The van der Waals surface area contributed by atoms with Crippen LogP contribution in [0.1, 0.15) is 11.1 Å². The maximum Gasteiger partial charge on any atom is 0.175 e. The van der Waals surface area contributed by atoms with Crippen molar-refractivity contribution in [3.8, 4) is 0 Å². The van der Waals surface area contributed by atoms with Crippen LogP contribution in [0.4, 0.5) is 0 Å². The second-order valence-electron chi connectivity index (χ2n) is 5.99. The number of rotatable bonds is 5. The van der Waals surface area contributed by atoms with Gasteiger partial charge >= 0.3 is 0 Å². The summed E-state index contributed by atoms with van der Waals surface area (Å²) < 4.78 is 24.6. The summed E-state index contributed by atoms with van der Waals surface area (Å²) in [6, 6.07) is 17.1. The van der Waals surface area contributed by atoms with E-state index < -0.39 is 15.3 Å². The molecule has 1 heterocycles. The third-order valence-corrected chi connectivity index (χ3v) is 5.42. The molecule has 0 N–H and O–H groups in total. The topological polar surface area (TPSA) is 49.7 Å². The molecule has 0 saturated heterocycles. The van der Waals surface area contributed by atoms with Gasteiger partial charge in [0.05, 0.1) is 23.4 Å². The molecule has 2 aromatic rings. The fraction of sp³-hybridized carbons (Fsp3) is 0.211. The minimum atomic E-state index is -3.35. The molecule has 24 heavy (non-hydrogen) atoms. The molecule has 3 rings (SSSR count). The van der Waals surface area contributed by atoms with Gasteiger partial charge in [0.2, 0.25) is 0 Å². The molecular formula is C19H20N2O2S. The van der Waals surface area contributed by atoms with Gasteiger partial charge in [-0.1, -0.05) is 54.6 Å². The van der Waals surface area contributed by atoms with Gasteiger partial charge in [-0.2, -0.15) is 5.10 Å². The smallest absolute Gasteiger partial charge is 0.175 e. The van der Waals surface area contributed by atoms with Gasteiger partial charge in [0.25, 0.3) is 0 Å². The lowest BCUT2D eigenvalue weighted by Crippen LogP contribution is -2.36. The van der Waals surface area contributed by atoms with E-state index in [1.54, 1.807) is 18.2 Å². The van der Waals surface area contributed by atoms with Crippen LogP contribution >= 0.6 is 0 Å². The third kappa shape index (κ3) is 2.87. The molecule has 0 amide bonds. The molecule has 2 aromatic carbocycles. The minimum Gasteiger partial charge on any atom is -0.292 e. The van der Waals surface area contributed by atoms with Crippen molar-refractivity contribution in [2.24, 2.45) is 5.10 Å². The van der Waals surface area contributed by atoms with E-state index in [4.69, 9.17) is 0 Å². The first-order valence-corrected chi connectivity index (χ1v) is 9.62. The molecule has 1 atom stereocenters. The van der Waals surface area contributed by atoms with E-state index in [1.807, 2.05) is 53.7 Å². The molecule has 124 valence electrons. The molecule has 0 spiro atoms. The summed E-state index contributed by atoms with van der Waals surface area (Å²) in [5.74, 6) is 0. The normalized spacial score (nSPS) is 20.3. The van der Waals surface area contributed by atoms with E-state index in [0.717, 1.165) is 11.1 Å². The Bertz CT molecular complexity index is 875. The van der Waals surface area contributed by atoms with Crippen molar-refractivity contribution in [1.29, 1.82) is 0 Å². The van der Waals surface area contributed by atoms with E-state index >= 15 is 0 Å². The second-order valence-corrected chi connectivity index (χ2v) is 7.97. The Morgan fingerprint density at radius 2 is 1.83 bits per heavy atom. The summed E-state index contributed by atoms with van der Waals surface area (Å²) in [6.45, 7) is 4.96. The lowest BCUT2D eigenvalue weighted by atomic mass is 9.75. The van der Waals surface area contributed by atoms with Crippen LogP contribution in [-0.2, 0) is 15.3 Å². The largest absolute Gasteiger partial charge is 0.292 e. The van der Waals surface area contributed by atoms with Gasteiger partial charge in [0.15, 0.2) is 9.84 Å². The van der Waals surface area contributed by atoms with E-state index in [2.05, 4.69) is 11.7 Å². The molecule has 5 heteroatoms. The first kappa shape index (κ1) is 16.5. The van der Waals surface area contributed by atoms with E-state index in [-0.39, 0.29) is 0 Å². The maximum atomic E-state index is 12.3. The SMILES string of the molecule is C=CCN1CC(c2ccccc2)(c2ccccc2S(C)(=O)=O)C=N1. The van der Waals surface area contributed by atoms with Crippen LogP contribution in [0.2, 0.25) is 0 Å². The Morgan fingerprint density at radius 3 is 2.50 bits per heavy atom. The highest BCUT2D eigenvalue weighted by Gasteiger charge is 2.41. The van der Waals surface area contributed by atoms with Crippen molar-refractivity contribution in [2.45, 2.75) is 10.3 Å². The van der Waals surface area contributed by atoms with Crippen LogP contribution < -0.4 is 0 Å². The highest BCUT2D eigenvalue weighted by Crippen LogP contribution is 2.38. The fourth-order valence-electron chi connectivity index (χ4n) is 3.18. The summed E-state index contributed by atoms with van der Waals surface area (Å²) in [4.78, 5) is 0.348. The number of sulfone groups is 1. The maximum absolute atomic E-state index is 12.3. The summed E-state index contributed by atoms with van der Waals surface area (Å²) in [5.41, 5.74) is 1.19. The number of hydrogen-bond donors (Lipinski definition) is 0. The van der Waals surface area contributed by atoms with Crippen molar-refractivity contribution < 1.29 is 8.42 Å². The average molecular weight is 340 g/mol. The summed E-state index contributed by atoms with van der Waals surface area (Å²) >= 11 is 0. The highest BCUT2D eigenvalue weighted by molar-refractivity contribution is 7.90. The number of hydrazone groups is 1. The van der Waals surface area contributed by atoms with Crippen LogP contribution in [0.3, 0.4) is 0 Å². The standard InChI is InChI=1S/C19H20N2O2S/c1-3-13-21-15-19(14-20-21,16-9-5-4-6-10-16)17-11-7-8-12-18(17)24(2,22)23/h3-12,14H,1,13,15H2,2H3.